The van der Waals surface area contributed by atoms with Crippen molar-refractivity contribution in [3.05, 3.63) is 35.3 Å². The number of halogens is 4. The van der Waals surface area contributed by atoms with E-state index in [0.29, 0.717) is 16.6 Å². The fourth-order valence-corrected chi connectivity index (χ4v) is 1.94. The van der Waals surface area contributed by atoms with Gasteiger partial charge in [0.05, 0.1) is 0 Å². The number of nitrogens with zero attached hydrogens (tertiary/aromatic N) is 3. The Hall–Kier alpha value is -2.09. The van der Waals surface area contributed by atoms with Crippen LogP contribution in [-0.2, 0) is 6.18 Å². The molecule has 21 heavy (non-hydrogen) atoms. The molecule has 0 bridgehead atoms. The molecule has 2 N–H and O–H groups in total. The first-order chi connectivity index (χ1) is 9.82. The average Bonchev–Trinajstić information content (AvgIpc) is 2.82. The van der Waals surface area contributed by atoms with E-state index in [9.17, 15) is 17.6 Å². The number of oxime groups is 1. The van der Waals surface area contributed by atoms with Gasteiger partial charge in [-0.3, -0.25) is 0 Å². The van der Waals surface area contributed by atoms with Crippen LogP contribution in [0.2, 0.25) is 0 Å². The Bertz CT molecular complexity index is 686. The minimum absolute atomic E-state index is 0.0374. The molecule has 1 aromatic heterocycles. The van der Waals surface area contributed by atoms with Gasteiger partial charge >= 0.3 is 122 Å². The molecule has 112 valence electrons. The van der Waals surface area contributed by atoms with Crippen LogP contribution in [0.15, 0.2) is 28.0 Å². The van der Waals surface area contributed by atoms with Crippen LogP contribution in [0.1, 0.15) is 11.3 Å². The van der Waals surface area contributed by atoms with Crippen LogP contribution in [0, 0.1) is 5.82 Å². The first kappa shape index (κ1) is 15.3. The van der Waals surface area contributed by atoms with Gasteiger partial charge in [-0.1, -0.05) is 0 Å². The summed E-state index contributed by atoms with van der Waals surface area (Å²) >= 11 is 1.01. The maximum atomic E-state index is 13.2. The normalized spacial score (nSPS) is 12.5. The zero-order valence-corrected chi connectivity index (χ0v) is 12.4. The van der Waals surface area contributed by atoms with E-state index >= 15 is 0 Å². The van der Waals surface area contributed by atoms with Crippen LogP contribution in [0.4, 0.5) is 23.2 Å². The van der Waals surface area contributed by atoms with Gasteiger partial charge in [0.25, 0.3) is 0 Å². The topological polar surface area (TPSA) is 83.5 Å². The fraction of sp³-hybridized carbons (Fsp3) is 0.100. The number of anilines is 1. The van der Waals surface area contributed by atoms with Crippen LogP contribution in [0.5, 0.6) is 0 Å². The molecule has 0 amide bonds. The minimum atomic E-state index is -4.84. The van der Waals surface area contributed by atoms with Gasteiger partial charge in [-0.05, 0) is 0 Å². The van der Waals surface area contributed by atoms with E-state index in [1.165, 1.54) is 0 Å². The second kappa shape index (κ2) is 5.72. The number of amidine groups is 1. The Morgan fingerprint density at radius 2 is 2.05 bits per heavy atom. The molecule has 1 unspecified atom stereocenters. The van der Waals surface area contributed by atoms with Crippen LogP contribution in [-0.4, -0.2) is 38.2 Å². The zero-order chi connectivity index (χ0) is 15.6. The van der Waals surface area contributed by atoms with Gasteiger partial charge in [0, 0.05) is 0 Å². The van der Waals surface area contributed by atoms with E-state index < -0.39 is 17.6 Å². The van der Waals surface area contributed by atoms with E-state index in [1.54, 1.807) is 0 Å². The van der Waals surface area contributed by atoms with Gasteiger partial charge in [-0.2, -0.15) is 0 Å². The SMILES string of the molecule is O/N=C(/Nc1ccc(F)c(C(F)(F)F)c1)c1nonc1[AsH2]. The Labute approximate surface area is 123 Å². The number of nitrogens with one attached hydrogen (secondary N) is 1. The van der Waals surface area contributed by atoms with Crippen molar-refractivity contribution in [2.45, 2.75) is 6.18 Å². The van der Waals surface area contributed by atoms with Crippen molar-refractivity contribution in [3.8, 4) is 0 Å². The summed E-state index contributed by atoms with van der Waals surface area (Å²) in [5.41, 5.74) is -1.54. The van der Waals surface area contributed by atoms with E-state index in [1.807, 2.05) is 0 Å². The summed E-state index contributed by atoms with van der Waals surface area (Å²) in [5, 5.41) is 21.1. The summed E-state index contributed by atoms with van der Waals surface area (Å²) in [4.78, 5) is 0. The van der Waals surface area contributed by atoms with Crippen LogP contribution in [0.25, 0.3) is 0 Å². The standard InChI is InChI=1S/C10H7AsF4N4O2/c11-8-7(18-21-19-8)9(17-20)16-4-1-2-6(12)5(3-4)10(13,14)15/h1-3,20H,11H2,(H,16,17). The molecule has 0 fully saturated rings. The fourth-order valence-electron chi connectivity index (χ4n) is 1.45. The molecule has 2 rings (SSSR count). The summed E-state index contributed by atoms with van der Waals surface area (Å²) in [6.07, 6.45) is -4.84. The van der Waals surface area contributed by atoms with Gasteiger partial charge in [-0.15, -0.1) is 0 Å². The first-order valence-electron chi connectivity index (χ1n) is 5.27. The molecule has 0 saturated heterocycles. The molecular formula is C10H7AsF4N4O2. The van der Waals surface area contributed by atoms with Gasteiger partial charge in [0.1, 0.15) is 0 Å². The number of hydrogen-bond acceptors (Lipinski definition) is 5. The number of hydrogen-bond donors (Lipinski definition) is 2. The van der Waals surface area contributed by atoms with Crippen molar-refractivity contribution in [1.82, 2.24) is 10.3 Å². The van der Waals surface area contributed by atoms with Crippen molar-refractivity contribution in [2.75, 3.05) is 5.32 Å². The molecule has 0 radical (unpaired) electrons. The van der Waals surface area contributed by atoms with Crippen LogP contribution >= 0.6 is 0 Å². The van der Waals surface area contributed by atoms with E-state index in [4.69, 9.17) is 5.21 Å². The van der Waals surface area contributed by atoms with Crippen LogP contribution < -0.4 is 9.80 Å². The molecule has 0 aliphatic heterocycles. The van der Waals surface area contributed by atoms with E-state index in [0.717, 1.165) is 22.9 Å². The number of rotatable bonds is 2. The molecule has 0 aliphatic carbocycles. The zero-order valence-electron chi connectivity index (χ0n) is 10.0. The summed E-state index contributed by atoms with van der Waals surface area (Å²) in [5.74, 6) is -1.67. The molecule has 0 aliphatic rings. The number of aromatic nitrogens is 2. The summed E-state index contributed by atoms with van der Waals surface area (Å²) in [7, 11) is 0. The van der Waals surface area contributed by atoms with Gasteiger partial charge in [-0.25, -0.2) is 0 Å². The Balaban J connectivity index is 2.34. The second-order valence-corrected chi connectivity index (χ2v) is 4.91. The second-order valence-electron chi connectivity index (χ2n) is 3.76. The molecule has 0 saturated carbocycles. The van der Waals surface area contributed by atoms with E-state index in [2.05, 4.69) is 25.4 Å². The molecular weight excluding hydrogens is 359 g/mol. The molecule has 1 atom stereocenters. The van der Waals surface area contributed by atoms with Crippen molar-refractivity contribution < 1.29 is 27.4 Å². The van der Waals surface area contributed by atoms with Crippen molar-refractivity contribution in [2.24, 2.45) is 5.16 Å². The monoisotopic (exact) mass is 366 g/mol. The summed E-state index contributed by atoms with van der Waals surface area (Å²) in [6.45, 7) is 0. The quantitative estimate of drug-likeness (QED) is 0.205. The Morgan fingerprint density at radius 3 is 2.57 bits per heavy atom. The molecule has 6 nitrogen and oxygen atoms in total. The van der Waals surface area contributed by atoms with Crippen LogP contribution in [0.3, 0.4) is 0 Å². The van der Waals surface area contributed by atoms with Crippen molar-refractivity contribution >= 4 is 32.9 Å². The third-order valence-corrected chi connectivity index (χ3v) is 3.17. The summed E-state index contributed by atoms with van der Waals surface area (Å²) < 4.78 is 55.7. The average molecular weight is 366 g/mol. The van der Waals surface area contributed by atoms with Gasteiger partial charge in [0.15, 0.2) is 0 Å². The maximum absolute atomic E-state index is 13.2. The predicted molar refractivity (Wildman–Crippen MR) is 65.8 cm³/mol. The van der Waals surface area contributed by atoms with Crippen molar-refractivity contribution in [3.63, 3.8) is 0 Å². The Morgan fingerprint density at radius 1 is 1.33 bits per heavy atom. The van der Waals surface area contributed by atoms with E-state index in [-0.39, 0.29) is 17.2 Å². The van der Waals surface area contributed by atoms with Gasteiger partial charge in [0.2, 0.25) is 0 Å². The molecule has 11 heteroatoms. The number of alkyl halides is 3. The molecule has 1 heterocycles. The van der Waals surface area contributed by atoms with Crippen molar-refractivity contribution in [1.29, 1.82) is 0 Å². The third-order valence-electron chi connectivity index (χ3n) is 2.37. The van der Waals surface area contributed by atoms with Gasteiger partial charge < -0.3 is 0 Å². The molecule has 0 spiro atoms. The first-order valence-corrected chi connectivity index (χ1v) is 6.48. The Kier molecular flexibility index (Phi) is 4.17. The predicted octanol–water partition coefficient (Wildman–Crippen LogP) is 0.734. The molecule has 2 aromatic rings. The number of benzene rings is 1. The third kappa shape index (κ3) is 3.33. The molecule has 1 aromatic carbocycles. The summed E-state index contributed by atoms with van der Waals surface area (Å²) in [6, 6.07) is 2.26.